The number of carbonyl (C=O) groups excluding carboxylic acids is 1. The molecule has 0 spiro atoms. The van der Waals surface area contributed by atoms with Crippen molar-refractivity contribution < 1.29 is 19.0 Å². The third-order valence-corrected chi connectivity index (χ3v) is 5.84. The molecule has 0 saturated carbocycles. The van der Waals surface area contributed by atoms with Crippen LogP contribution in [0.4, 0.5) is 0 Å². The van der Waals surface area contributed by atoms with E-state index in [-0.39, 0.29) is 5.56 Å². The summed E-state index contributed by atoms with van der Waals surface area (Å²) in [5.74, 6) is 1.62. The van der Waals surface area contributed by atoms with Crippen LogP contribution in [-0.2, 0) is 4.79 Å². The van der Waals surface area contributed by atoms with Crippen molar-refractivity contribution in [3.8, 4) is 28.6 Å². The first-order valence-corrected chi connectivity index (χ1v) is 11.9. The van der Waals surface area contributed by atoms with Crippen LogP contribution < -0.4 is 24.3 Å². The fourth-order valence-electron chi connectivity index (χ4n) is 3.26. The molecule has 4 aromatic rings. The third-order valence-electron chi connectivity index (χ3n) is 4.88. The Labute approximate surface area is 200 Å². The zero-order valence-electron chi connectivity index (χ0n) is 19.2. The lowest BCUT2D eigenvalue weighted by atomic mass is 10.2. The van der Waals surface area contributed by atoms with E-state index < -0.39 is 5.97 Å². The maximum Gasteiger partial charge on any atom is 0.308 e. The van der Waals surface area contributed by atoms with Crippen molar-refractivity contribution in [2.45, 2.75) is 33.6 Å². The molecule has 0 radical (unpaired) electrons. The summed E-state index contributed by atoms with van der Waals surface area (Å²) in [5.41, 5.74) is 1.30. The molecule has 176 valence electrons. The van der Waals surface area contributed by atoms with E-state index in [0.717, 1.165) is 29.7 Å². The summed E-state index contributed by atoms with van der Waals surface area (Å²) in [7, 11) is 0. The zero-order valence-corrected chi connectivity index (χ0v) is 20.1. The number of ether oxygens (including phenoxy) is 3. The van der Waals surface area contributed by atoms with Gasteiger partial charge in [-0.15, -0.1) is 5.10 Å². The van der Waals surface area contributed by atoms with Gasteiger partial charge in [-0.05, 0) is 61.4 Å². The molecular weight excluding hydrogens is 454 g/mol. The molecule has 0 aliphatic heterocycles. The topological polar surface area (TPSA) is 92.0 Å². The van der Waals surface area contributed by atoms with Gasteiger partial charge in [0.25, 0.3) is 5.56 Å². The average Bonchev–Trinajstić information content (AvgIpc) is 3.35. The summed E-state index contributed by atoms with van der Waals surface area (Å²) < 4.78 is 18.3. The highest BCUT2D eigenvalue weighted by molar-refractivity contribution is 7.15. The molecular formula is C25H25N3O5S. The highest BCUT2D eigenvalue weighted by atomic mass is 32.1. The van der Waals surface area contributed by atoms with Crippen LogP contribution in [0.2, 0.25) is 0 Å². The van der Waals surface area contributed by atoms with Gasteiger partial charge in [-0.2, -0.15) is 9.50 Å². The Kier molecular flexibility index (Phi) is 7.22. The monoisotopic (exact) mass is 479 g/mol. The molecule has 4 rings (SSSR count). The minimum atomic E-state index is -0.431. The number of benzene rings is 2. The summed E-state index contributed by atoms with van der Waals surface area (Å²) in [6, 6.07) is 12.7. The van der Waals surface area contributed by atoms with Crippen LogP contribution in [0.5, 0.6) is 17.2 Å². The van der Waals surface area contributed by atoms with Crippen molar-refractivity contribution in [2.75, 3.05) is 13.2 Å². The summed E-state index contributed by atoms with van der Waals surface area (Å²) in [4.78, 5) is 29.3. The Balaban J connectivity index is 1.60. The molecule has 0 atom stereocenters. The van der Waals surface area contributed by atoms with Crippen molar-refractivity contribution in [1.82, 2.24) is 14.6 Å². The van der Waals surface area contributed by atoms with E-state index in [4.69, 9.17) is 14.2 Å². The van der Waals surface area contributed by atoms with Gasteiger partial charge in [0, 0.05) is 12.5 Å². The number of carbonyl (C=O) groups is 1. The van der Waals surface area contributed by atoms with E-state index >= 15 is 0 Å². The molecule has 2 aromatic carbocycles. The zero-order chi connectivity index (χ0) is 24.1. The van der Waals surface area contributed by atoms with Gasteiger partial charge in [0.05, 0.1) is 17.7 Å². The number of nitrogens with zero attached hydrogens (tertiary/aromatic N) is 3. The number of hydrogen-bond acceptors (Lipinski definition) is 8. The van der Waals surface area contributed by atoms with Crippen molar-refractivity contribution in [3.05, 3.63) is 62.9 Å². The minimum Gasteiger partial charge on any atom is -0.494 e. The summed E-state index contributed by atoms with van der Waals surface area (Å²) in [6.07, 6.45) is 3.83. The van der Waals surface area contributed by atoms with Crippen LogP contribution in [0.3, 0.4) is 0 Å². The molecule has 0 bridgehead atoms. The van der Waals surface area contributed by atoms with E-state index in [1.807, 2.05) is 31.2 Å². The van der Waals surface area contributed by atoms with Gasteiger partial charge in [-0.3, -0.25) is 9.59 Å². The molecule has 34 heavy (non-hydrogen) atoms. The molecule has 0 fully saturated rings. The molecule has 2 heterocycles. The van der Waals surface area contributed by atoms with Gasteiger partial charge in [-0.1, -0.05) is 30.7 Å². The molecule has 0 unspecified atom stereocenters. The van der Waals surface area contributed by atoms with Gasteiger partial charge >= 0.3 is 5.97 Å². The van der Waals surface area contributed by atoms with Gasteiger partial charge < -0.3 is 14.2 Å². The van der Waals surface area contributed by atoms with Gasteiger partial charge in [-0.25, -0.2) is 0 Å². The number of thiazole rings is 1. The van der Waals surface area contributed by atoms with Gasteiger partial charge in [0.2, 0.25) is 4.96 Å². The molecule has 0 saturated heterocycles. The number of hydrogen-bond donors (Lipinski definition) is 0. The smallest absolute Gasteiger partial charge is 0.308 e. The number of unbranched alkanes of at least 4 members (excludes halogenated alkanes) is 1. The Bertz CT molecular complexity index is 1410. The second-order valence-electron chi connectivity index (χ2n) is 7.50. The second-order valence-corrected chi connectivity index (χ2v) is 8.51. The highest BCUT2D eigenvalue weighted by Crippen LogP contribution is 2.29. The van der Waals surface area contributed by atoms with Crippen molar-refractivity contribution >= 4 is 28.3 Å². The Morgan fingerprint density at radius 2 is 1.88 bits per heavy atom. The minimum absolute atomic E-state index is 0.250. The number of aromatic nitrogens is 3. The van der Waals surface area contributed by atoms with Crippen molar-refractivity contribution in [2.24, 2.45) is 0 Å². The SMILES string of the molecule is CCCCOc1ccc(-c2nc3s/c(=C/c4ccc(OC(C)=O)c(OCC)c4)c(=O)n3n2)cc1. The lowest BCUT2D eigenvalue weighted by molar-refractivity contribution is -0.132. The standard InChI is InChI=1S/C25H25N3O5S/c1-4-6-13-32-19-10-8-18(9-11-19)23-26-25-28(27-23)24(30)22(34-25)15-17-7-12-20(33-16(3)29)21(14-17)31-5-2/h7-12,14-15H,4-6,13H2,1-3H3/b22-15+. The first-order valence-electron chi connectivity index (χ1n) is 11.1. The van der Waals surface area contributed by atoms with Crippen molar-refractivity contribution in [3.63, 3.8) is 0 Å². The normalized spacial score (nSPS) is 11.7. The molecule has 0 amide bonds. The van der Waals surface area contributed by atoms with E-state index in [2.05, 4.69) is 17.0 Å². The summed E-state index contributed by atoms with van der Waals surface area (Å²) in [6.45, 7) is 6.39. The molecule has 0 aliphatic carbocycles. The molecule has 8 nitrogen and oxygen atoms in total. The molecule has 0 aliphatic rings. The quantitative estimate of drug-likeness (QED) is 0.204. The lowest BCUT2D eigenvalue weighted by Crippen LogP contribution is -2.23. The number of esters is 1. The van der Waals surface area contributed by atoms with Crippen LogP contribution in [0, 0.1) is 0 Å². The maximum atomic E-state index is 12.9. The number of fused-ring (bicyclic) bond motifs is 1. The molecule has 2 aromatic heterocycles. The predicted octanol–water partition coefficient (Wildman–Crippen LogP) is 3.87. The largest absolute Gasteiger partial charge is 0.494 e. The van der Waals surface area contributed by atoms with E-state index in [1.54, 1.807) is 24.3 Å². The van der Waals surface area contributed by atoms with Crippen LogP contribution in [0.25, 0.3) is 22.4 Å². The Morgan fingerprint density at radius 1 is 1.09 bits per heavy atom. The first kappa shape index (κ1) is 23.4. The van der Waals surface area contributed by atoms with Crippen LogP contribution in [-0.4, -0.2) is 33.8 Å². The average molecular weight is 480 g/mol. The van der Waals surface area contributed by atoms with E-state index in [0.29, 0.717) is 40.0 Å². The Hall–Kier alpha value is -3.72. The number of rotatable bonds is 9. The van der Waals surface area contributed by atoms with Gasteiger partial charge in [0.1, 0.15) is 5.75 Å². The molecule has 0 N–H and O–H groups in total. The highest BCUT2D eigenvalue weighted by Gasteiger charge is 2.13. The Morgan fingerprint density at radius 3 is 2.56 bits per heavy atom. The molecule has 9 heteroatoms. The lowest BCUT2D eigenvalue weighted by Gasteiger charge is -2.10. The fraction of sp³-hybridized carbons (Fsp3) is 0.280. The summed E-state index contributed by atoms with van der Waals surface area (Å²) in [5, 5.41) is 4.40. The first-order chi connectivity index (χ1) is 16.5. The summed E-state index contributed by atoms with van der Waals surface area (Å²) >= 11 is 1.26. The third kappa shape index (κ3) is 5.26. The van der Waals surface area contributed by atoms with Crippen LogP contribution in [0.15, 0.2) is 47.3 Å². The van der Waals surface area contributed by atoms with Crippen LogP contribution >= 0.6 is 11.3 Å². The van der Waals surface area contributed by atoms with Crippen LogP contribution in [0.1, 0.15) is 39.2 Å². The van der Waals surface area contributed by atoms with E-state index in [1.165, 1.54) is 22.8 Å². The van der Waals surface area contributed by atoms with Gasteiger partial charge in [0.15, 0.2) is 17.3 Å². The second kappa shape index (κ2) is 10.5. The van der Waals surface area contributed by atoms with Crippen molar-refractivity contribution in [1.29, 1.82) is 0 Å². The van der Waals surface area contributed by atoms with E-state index in [9.17, 15) is 9.59 Å². The predicted molar refractivity (Wildman–Crippen MR) is 131 cm³/mol. The maximum absolute atomic E-state index is 12.9. The fourth-order valence-corrected chi connectivity index (χ4v) is 4.17.